The fourth-order valence-corrected chi connectivity index (χ4v) is 2.31. The van der Waals surface area contributed by atoms with Gasteiger partial charge < -0.3 is 19.9 Å². The van der Waals surface area contributed by atoms with Gasteiger partial charge in [-0.15, -0.1) is 0 Å². The maximum absolute atomic E-state index is 13.6. The Hall–Kier alpha value is -1.53. The third-order valence-corrected chi connectivity index (χ3v) is 3.28. The summed E-state index contributed by atoms with van der Waals surface area (Å²) in [6.07, 6.45) is 0. The summed E-state index contributed by atoms with van der Waals surface area (Å²) in [5.41, 5.74) is 0.476. The van der Waals surface area contributed by atoms with Crippen molar-refractivity contribution in [1.29, 1.82) is 0 Å². The van der Waals surface area contributed by atoms with E-state index < -0.39 is 5.82 Å². The zero-order chi connectivity index (χ0) is 12.5. The minimum atomic E-state index is -0.663. The highest BCUT2D eigenvalue weighted by Gasteiger charge is 2.26. The van der Waals surface area contributed by atoms with Gasteiger partial charge in [-0.2, -0.15) is 0 Å². The summed E-state index contributed by atoms with van der Waals surface area (Å²) >= 11 is 0. The minimum Gasteiger partial charge on any atom is -0.504 e. The summed E-state index contributed by atoms with van der Waals surface area (Å²) in [6.45, 7) is 4.08. The van der Waals surface area contributed by atoms with E-state index in [9.17, 15) is 9.50 Å². The predicted octanol–water partition coefficient (Wildman–Crippen LogP) is 0.665. The molecule has 6 heteroatoms. The minimum absolute atomic E-state index is 0.0762. The number of fused-ring (bicyclic) bond motifs is 1. The molecule has 0 bridgehead atoms. The molecule has 2 heterocycles. The average molecular weight is 254 g/mol. The molecular weight excluding hydrogens is 239 g/mol. The lowest BCUT2D eigenvalue weighted by atomic mass is 10.1. The van der Waals surface area contributed by atoms with Gasteiger partial charge in [-0.25, -0.2) is 4.39 Å². The van der Waals surface area contributed by atoms with Crippen LogP contribution in [0.2, 0.25) is 0 Å². The van der Waals surface area contributed by atoms with E-state index in [4.69, 9.17) is 9.47 Å². The molecule has 0 unspecified atom stereocenters. The molecule has 0 saturated carbocycles. The Morgan fingerprint density at radius 2 is 2.11 bits per heavy atom. The smallest absolute Gasteiger partial charge is 0.231 e. The summed E-state index contributed by atoms with van der Waals surface area (Å²) in [7, 11) is 0. The van der Waals surface area contributed by atoms with Gasteiger partial charge in [0.2, 0.25) is 6.79 Å². The maximum Gasteiger partial charge on any atom is 0.231 e. The van der Waals surface area contributed by atoms with Crippen molar-refractivity contribution in [3.63, 3.8) is 0 Å². The average Bonchev–Trinajstić information content (AvgIpc) is 2.84. The number of ether oxygens (including phenoxy) is 2. The third kappa shape index (κ3) is 1.97. The summed E-state index contributed by atoms with van der Waals surface area (Å²) < 4.78 is 24.0. The van der Waals surface area contributed by atoms with E-state index in [0.29, 0.717) is 23.6 Å². The summed E-state index contributed by atoms with van der Waals surface area (Å²) in [6, 6.07) is 1.17. The first-order chi connectivity index (χ1) is 8.75. The summed E-state index contributed by atoms with van der Waals surface area (Å²) in [4.78, 5) is 2.15. The van der Waals surface area contributed by atoms with Crippen molar-refractivity contribution in [3.8, 4) is 17.2 Å². The number of aromatic hydroxyl groups is 1. The molecule has 3 rings (SSSR count). The fraction of sp³-hybridized carbons (Fsp3) is 0.500. The number of hydrogen-bond acceptors (Lipinski definition) is 5. The van der Waals surface area contributed by atoms with E-state index >= 15 is 0 Å². The van der Waals surface area contributed by atoms with Gasteiger partial charge in [-0.05, 0) is 0 Å². The van der Waals surface area contributed by atoms with Crippen molar-refractivity contribution in [1.82, 2.24) is 10.2 Å². The highest BCUT2D eigenvalue weighted by Crippen LogP contribution is 2.42. The lowest BCUT2D eigenvalue weighted by molar-refractivity contribution is 0.170. The van der Waals surface area contributed by atoms with Gasteiger partial charge in [0.25, 0.3) is 0 Å². The molecule has 0 aliphatic carbocycles. The predicted molar refractivity (Wildman–Crippen MR) is 62.3 cm³/mol. The van der Waals surface area contributed by atoms with Crippen LogP contribution < -0.4 is 14.8 Å². The molecule has 1 fully saturated rings. The fourth-order valence-electron chi connectivity index (χ4n) is 2.31. The zero-order valence-electron chi connectivity index (χ0n) is 9.91. The number of hydrogen-bond donors (Lipinski definition) is 2. The Bertz CT molecular complexity index is 461. The van der Waals surface area contributed by atoms with E-state index in [-0.39, 0.29) is 12.5 Å². The molecule has 98 valence electrons. The largest absolute Gasteiger partial charge is 0.504 e. The highest BCUT2D eigenvalue weighted by molar-refractivity contribution is 5.55. The van der Waals surface area contributed by atoms with E-state index in [2.05, 4.69) is 10.2 Å². The second kappa shape index (κ2) is 4.62. The van der Waals surface area contributed by atoms with Gasteiger partial charge in [-0.3, -0.25) is 4.90 Å². The van der Waals surface area contributed by atoms with Crippen LogP contribution in [0, 0.1) is 5.82 Å². The number of rotatable bonds is 2. The van der Waals surface area contributed by atoms with Gasteiger partial charge in [0.05, 0.1) is 5.56 Å². The van der Waals surface area contributed by atoms with Crippen molar-refractivity contribution >= 4 is 0 Å². The molecule has 5 nitrogen and oxygen atoms in total. The molecular formula is C12H15FN2O3. The van der Waals surface area contributed by atoms with Crippen LogP contribution in [0.1, 0.15) is 5.56 Å². The summed E-state index contributed by atoms with van der Waals surface area (Å²) in [5, 5.41) is 13.1. The first-order valence-corrected chi connectivity index (χ1v) is 5.98. The van der Waals surface area contributed by atoms with Gasteiger partial charge in [-0.1, -0.05) is 0 Å². The molecule has 0 amide bonds. The van der Waals surface area contributed by atoms with Crippen LogP contribution in [0.3, 0.4) is 0 Å². The number of nitrogens with one attached hydrogen (secondary N) is 1. The molecule has 2 aliphatic heterocycles. The molecule has 1 saturated heterocycles. The molecule has 0 spiro atoms. The van der Waals surface area contributed by atoms with E-state index in [1.54, 1.807) is 0 Å². The number of phenolic OH excluding ortho intramolecular Hbond substituents is 1. The van der Waals surface area contributed by atoms with Crippen LogP contribution in [0.5, 0.6) is 17.2 Å². The first-order valence-electron chi connectivity index (χ1n) is 5.98. The topological polar surface area (TPSA) is 54.0 Å². The zero-order valence-corrected chi connectivity index (χ0v) is 9.91. The van der Waals surface area contributed by atoms with Crippen LogP contribution >= 0.6 is 0 Å². The second-order valence-corrected chi connectivity index (χ2v) is 4.45. The molecule has 2 N–H and O–H groups in total. The molecule has 1 aromatic rings. The normalized spacial score (nSPS) is 19.2. The van der Waals surface area contributed by atoms with Gasteiger partial charge in [0, 0.05) is 38.8 Å². The Morgan fingerprint density at radius 1 is 1.33 bits per heavy atom. The summed E-state index contributed by atoms with van der Waals surface area (Å²) in [5.74, 6) is -0.162. The molecule has 2 aliphatic rings. The van der Waals surface area contributed by atoms with Crippen LogP contribution in [-0.2, 0) is 6.54 Å². The maximum atomic E-state index is 13.6. The Balaban J connectivity index is 1.90. The highest BCUT2D eigenvalue weighted by atomic mass is 19.1. The van der Waals surface area contributed by atoms with Crippen molar-refractivity contribution < 1.29 is 19.0 Å². The number of benzene rings is 1. The van der Waals surface area contributed by atoms with Crippen LogP contribution in [0.25, 0.3) is 0 Å². The number of halogens is 1. The van der Waals surface area contributed by atoms with E-state index in [0.717, 1.165) is 26.2 Å². The molecule has 0 radical (unpaired) electrons. The van der Waals surface area contributed by atoms with E-state index in [1.165, 1.54) is 6.07 Å². The van der Waals surface area contributed by atoms with Crippen molar-refractivity contribution in [2.45, 2.75) is 6.54 Å². The molecule has 1 aromatic carbocycles. The SMILES string of the molecule is Oc1c(F)cc2c(c1CN1CCNCC1)OCO2. The van der Waals surface area contributed by atoms with Crippen molar-refractivity contribution in [3.05, 3.63) is 17.4 Å². The molecule has 18 heavy (non-hydrogen) atoms. The second-order valence-electron chi connectivity index (χ2n) is 4.45. The Labute approximate surface area is 104 Å². The monoisotopic (exact) mass is 254 g/mol. The number of nitrogens with zero attached hydrogens (tertiary/aromatic N) is 1. The first kappa shape index (κ1) is 11.6. The number of piperazine rings is 1. The lowest BCUT2D eigenvalue weighted by Gasteiger charge is -2.27. The van der Waals surface area contributed by atoms with Gasteiger partial charge in [0.1, 0.15) is 0 Å². The molecule has 0 aromatic heterocycles. The Kier molecular flexibility index (Phi) is 2.97. The standard InChI is InChI=1S/C12H15FN2O3/c13-9-5-10-12(18-7-17-10)8(11(9)16)6-15-3-1-14-2-4-15/h5,14,16H,1-4,6-7H2. The van der Waals surface area contributed by atoms with Gasteiger partial charge >= 0.3 is 0 Å². The lowest BCUT2D eigenvalue weighted by Crippen LogP contribution is -2.42. The Morgan fingerprint density at radius 3 is 2.89 bits per heavy atom. The van der Waals surface area contributed by atoms with Crippen LogP contribution in [-0.4, -0.2) is 43.0 Å². The van der Waals surface area contributed by atoms with Crippen LogP contribution in [0.4, 0.5) is 4.39 Å². The van der Waals surface area contributed by atoms with Crippen LogP contribution in [0.15, 0.2) is 6.07 Å². The van der Waals surface area contributed by atoms with E-state index in [1.807, 2.05) is 0 Å². The third-order valence-electron chi connectivity index (χ3n) is 3.28. The van der Waals surface area contributed by atoms with Gasteiger partial charge in [0.15, 0.2) is 23.1 Å². The van der Waals surface area contributed by atoms with Crippen molar-refractivity contribution in [2.24, 2.45) is 0 Å². The number of phenols is 1. The molecule has 0 atom stereocenters. The quantitative estimate of drug-likeness (QED) is 0.812. The van der Waals surface area contributed by atoms with Crippen molar-refractivity contribution in [2.75, 3.05) is 33.0 Å².